The van der Waals surface area contributed by atoms with Crippen LogP contribution in [0.25, 0.3) is 11.3 Å². The van der Waals surface area contributed by atoms with Gasteiger partial charge < -0.3 is 24.8 Å². The van der Waals surface area contributed by atoms with Crippen LogP contribution in [0.1, 0.15) is 49.1 Å². The largest absolute Gasteiger partial charge is 0.478 e. The van der Waals surface area contributed by atoms with Crippen LogP contribution in [0.4, 0.5) is 0 Å². The van der Waals surface area contributed by atoms with Crippen LogP contribution in [0.3, 0.4) is 0 Å². The van der Waals surface area contributed by atoms with Gasteiger partial charge in [-0.05, 0) is 48.2 Å². The van der Waals surface area contributed by atoms with E-state index in [1.807, 2.05) is 30.3 Å². The van der Waals surface area contributed by atoms with Crippen molar-refractivity contribution in [1.29, 1.82) is 0 Å². The number of nitrogens with one attached hydrogen (secondary N) is 1. The van der Waals surface area contributed by atoms with Crippen molar-refractivity contribution in [1.82, 2.24) is 9.88 Å². The molecule has 8 heteroatoms. The maximum atomic E-state index is 12.8. The Morgan fingerprint density at radius 3 is 2.39 bits per heavy atom. The topological polar surface area (TPSA) is 118 Å². The van der Waals surface area contributed by atoms with Crippen molar-refractivity contribution in [2.24, 2.45) is 7.05 Å². The Kier molecular flexibility index (Phi) is 6.02. The molecular formula is C25H24N2O6. The summed E-state index contributed by atoms with van der Waals surface area (Å²) in [5, 5.41) is 22.5. The lowest BCUT2D eigenvalue weighted by Crippen LogP contribution is -2.36. The molecule has 3 N–H and O–H groups in total. The highest BCUT2D eigenvalue weighted by Crippen LogP contribution is 2.34. The Morgan fingerprint density at radius 2 is 1.76 bits per heavy atom. The highest BCUT2D eigenvalue weighted by Gasteiger charge is 2.31. The number of nitrogens with zero attached hydrogens (tertiary/aromatic N) is 1. The normalized spacial score (nSPS) is 15.0. The van der Waals surface area contributed by atoms with Crippen LogP contribution in [-0.2, 0) is 29.6 Å². The van der Waals surface area contributed by atoms with E-state index in [4.69, 9.17) is 4.74 Å². The van der Waals surface area contributed by atoms with Crippen LogP contribution in [-0.4, -0.2) is 39.2 Å². The Balaban J connectivity index is 1.72. The molecule has 1 unspecified atom stereocenters. The summed E-state index contributed by atoms with van der Waals surface area (Å²) in [4.78, 5) is 36.6. The van der Waals surface area contributed by atoms with E-state index < -0.39 is 23.9 Å². The fraction of sp³-hybridized carbons (Fsp3) is 0.240. The van der Waals surface area contributed by atoms with Crippen molar-refractivity contribution >= 4 is 17.9 Å². The molecule has 2 heterocycles. The van der Waals surface area contributed by atoms with Gasteiger partial charge >= 0.3 is 17.9 Å². The predicted molar refractivity (Wildman–Crippen MR) is 120 cm³/mol. The first kappa shape index (κ1) is 22.3. The van der Waals surface area contributed by atoms with Gasteiger partial charge in [0.25, 0.3) is 0 Å². The Morgan fingerprint density at radius 1 is 1.06 bits per heavy atom. The number of hydrogen-bond acceptors (Lipinski definition) is 5. The van der Waals surface area contributed by atoms with E-state index in [9.17, 15) is 24.6 Å². The third-order valence-corrected chi connectivity index (χ3v) is 6.06. The van der Waals surface area contributed by atoms with Crippen molar-refractivity contribution in [3.05, 3.63) is 82.0 Å². The second kappa shape index (κ2) is 8.91. The van der Waals surface area contributed by atoms with E-state index >= 15 is 0 Å². The van der Waals surface area contributed by atoms with Crippen molar-refractivity contribution in [3.63, 3.8) is 0 Å². The van der Waals surface area contributed by atoms with Gasteiger partial charge in [0.05, 0.1) is 11.1 Å². The van der Waals surface area contributed by atoms with E-state index in [0.29, 0.717) is 35.5 Å². The number of ether oxygens (including phenoxy) is 1. The average Bonchev–Trinajstić information content (AvgIpc) is 3.11. The lowest BCUT2D eigenvalue weighted by Gasteiger charge is -2.27. The minimum absolute atomic E-state index is 0.00384. The number of hydrogen-bond donors (Lipinski definition) is 3. The summed E-state index contributed by atoms with van der Waals surface area (Å²) < 4.78 is 7.16. The zero-order chi connectivity index (χ0) is 23.7. The Bertz CT molecular complexity index is 1250. The maximum absolute atomic E-state index is 12.8. The van der Waals surface area contributed by atoms with Gasteiger partial charge in [0, 0.05) is 30.5 Å². The fourth-order valence-electron chi connectivity index (χ4n) is 4.19. The Hall–Kier alpha value is -3.91. The third-order valence-electron chi connectivity index (χ3n) is 6.06. The molecule has 170 valence electrons. The van der Waals surface area contributed by atoms with Gasteiger partial charge in [-0.1, -0.05) is 30.3 Å². The first-order chi connectivity index (χ1) is 15.8. The molecule has 0 amide bonds. The highest BCUT2D eigenvalue weighted by atomic mass is 16.5. The number of carbonyl (C=O) groups excluding carboxylic acids is 1. The quantitative estimate of drug-likeness (QED) is 0.495. The van der Waals surface area contributed by atoms with Crippen LogP contribution in [0.5, 0.6) is 0 Å². The molecule has 0 saturated carbocycles. The first-order valence-corrected chi connectivity index (χ1v) is 10.5. The molecule has 0 radical (unpaired) electrons. The molecule has 1 aliphatic rings. The van der Waals surface area contributed by atoms with Gasteiger partial charge in [-0.15, -0.1) is 0 Å². The molecule has 0 bridgehead atoms. The second-order valence-corrected chi connectivity index (χ2v) is 8.03. The number of carboxylic acids is 2. The van der Waals surface area contributed by atoms with Gasteiger partial charge in [-0.2, -0.15) is 0 Å². The monoisotopic (exact) mass is 448 g/mol. The number of aromatic nitrogens is 1. The van der Waals surface area contributed by atoms with E-state index in [1.165, 1.54) is 12.1 Å². The lowest BCUT2D eigenvalue weighted by molar-refractivity contribution is -0.147. The summed E-state index contributed by atoms with van der Waals surface area (Å²) in [7, 11) is 1.70. The van der Waals surface area contributed by atoms with Crippen LogP contribution in [0, 0.1) is 6.92 Å². The number of benzene rings is 2. The van der Waals surface area contributed by atoms with Gasteiger partial charge in [0.15, 0.2) is 0 Å². The van der Waals surface area contributed by atoms with Crippen LogP contribution in [0.2, 0.25) is 0 Å². The molecule has 1 aromatic heterocycles. The number of esters is 1. The van der Waals surface area contributed by atoms with Gasteiger partial charge in [0.2, 0.25) is 0 Å². The number of rotatable bonds is 6. The van der Waals surface area contributed by atoms with Crippen molar-refractivity contribution < 1.29 is 29.3 Å². The third kappa shape index (κ3) is 4.25. The molecule has 0 saturated heterocycles. The zero-order valence-corrected chi connectivity index (χ0v) is 18.3. The molecule has 33 heavy (non-hydrogen) atoms. The number of fused-ring (bicyclic) bond motifs is 1. The molecule has 0 fully saturated rings. The van der Waals surface area contributed by atoms with E-state index in [0.717, 1.165) is 11.1 Å². The minimum atomic E-state index is -1.16. The van der Waals surface area contributed by atoms with Crippen LogP contribution >= 0.6 is 0 Å². The van der Waals surface area contributed by atoms with E-state index in [-0.39, 0.29) is 17.7 Å². The van der Waals surface area contributed by atoms with Crippen LogP contribution in [0.15, 0.2) is 48.5 Å². The van der Waals surface area contributed by atoms with Crippen molar-refractivity contribution in [3.8, 4) is 11.3 Å². The summed E-state index contributed by atoms with van der Waals surface area (Å²) >= 11 is 0. The molecule has 3 aromatic rings. The van der Waals surface area contributed by atoms with E-state index in [2.05, 4.69) is 5.32 Å². The summed E-state index contributed by atoms with van der Waals surface area (Å²) in [6.07, 6.45) is 0.597. The molecule has 0 spiro atoms. The molecule has 0 aliphatic carbocycles. The van der Waals surface area contributed by atoms with Crippen molar-refractivity contribution in [2.45, 2.75) is 26.0 Å². The van der Waals surface area contributed by atoms with Gasteiger partial charge in [-0.25, -0.2) is 14.4 Å². The summed E-state index contributed by atoms with van der Waals surface area (Å²) in [6.45, 7) is 2.32. The number of aromatic carboxylic acids is 2. The molecule has 8 nitrogen and oxygen atoms in total. The number of carboxylic acid groups (broad SMARTS) is 2. The van der Waals surface area contributed by atoms with Gasteiger partial charge in [0.1, 0.15) is 12.6 Å². The second-order valence-electron chi connectivity index (χ2n) is 8.03. The average molecular weight is 448 g/mol. The summed E-state index contributed by atoms with van der Waals surface area (Å²) in [5.41, 5.74) is 3.79. The molecular weight excluding hydrogens is 424 g/mol. The maximum Gasteiger partial charge on any atom is 0.337 e. The lowest BCUT2D eigenvalue weighted by atomic mass is 9.88. The standard InChI is InChI=1S/C25H24N2O6/c1-14-17(23(28)29)12-21(27(14)2)19-10-16-8-9-26-22(18(16)11-20(19)24(30)31)25(32)33-13-15-6-4-3-5-7-15/h3-7,10-12,22,26H,8-9,13H2,1-2H3,(H,28,29)(H,30,31). The highest BCUT2D eigenvalue weighted by molar-refractivity contribution is 5.98. The van der Waals surface area contributed by atoms with Crippen molar-refractivity contribution in [2.75, 3.05) is 6.54 Å². The predicted octanol–water partition coefficient (Wildman–Crippen LogP) is 3.33. The van der Waals surface area contributed by atoms with Gasteiger partial charge in [-0.3, -0.25) is 0 Å². The fourth-order valence-corrected chi connectivity index (χ4v) is 4.19. The first-order valence-electron chi connectivity index (χ1n) is 10.5. The smallest absolute Gasteiger partial charge is 0.337 e. The Labute approximate surface area is 190 Å². The summed E-state index contributed by atoms with van der Waals surface area (Å²) in [6, 6.07) is 13.3. The number of carbonyl (C=O) groups is 3. The summed E-state index contributed by atoms with van der Waals surface area (Å²) in [5.74, 6) is -2.72. The minimum Gasteiger partial charge on any atom is -0.478 e. The molecule has 4 rings (SSSR count). The molecule has 2 aromatic carbocycles. The molecule has 1 aliphatic heterocycles. The van der Waals surface area contributed by atoms with E-state index in [1.54, 1.807) is 24.6 Å². The SMILES string of the molecule is Cc1c(C(=O)O)cc(-c2cc3c(cc2C(=O)O)C(C(=O)OCc2ccccc2)NCC3)n1C. The van der Waals surface area contributed by atoms with Crippen LogP contribution < -0.4 is 5.32 Å². The zero-order valence-electron chi connectivity index (χ0n) is 18.3. The molecule has 1 atom stereocenters.